The molecule has 108 valence electrons. The Kier molecular flexibility index (Phi) is 3.72. The normalized spacial score (nSPS) is 13.3. The minimum Gasteiger partial charge on any atom is -0.398 e. The van der Waals surface area contributed by atoms with E-state index in [0.29, 0.717) is 6.42 Å². The van der Waals surface area contributed by atoms with Gasteiger partial charge in [0.1, 0.15) is 0 Å². The second kappa shape index (κ2) is 5.53. The van der Waals surface area contributed by atoms with Crippen LogP contribution in [-0.2, 0) is 17.6 Å². The van der Waals surface area contributed by atoms with Gasteiger partial charge in [0.2, 0.25) is 5.91 Å². The molecule has 1 aliphatic heterocycles. The maximum Gasteiger partial charge on any atom is 0.231 e. The average Bonchev–Trinajstić information content (AvgIpc) is 2.82. The molecular formula is C17H17BrN2O. The molecule has 0 saturated carbocycles. The van der Waals surface area contributed by atoms with Crippen LogP contribution >= 0.6 is 15.9 Å². The number of amides is 1. The zero-order chi connectivity index (χ0) is 15.0. The summed E-state index contributed by atoms with van der Waals surface area (Å²) >= 11 is 3.44. The largest absolute Gasteiger partial charge is 0.398 e. The van der Waals surface area contributed by atoms with Crippen molar-refractivity contribution in [3.8, 4) is 0 Å². The third kappa shape index (κ3) is 2.81. The van der Waals surface area contributed by atoms with Gasteiger partial charge in [-0.05, 0) is 48.2 Å². The fourth-order valence-electron chi connectivity index (χ4n) is 2.75. The molecule has 2 aromatic carbocycles. The molecule has 4 heteroatoms. The molecule has 0 atom stereocenters. The molecule has 1 amide bonds. The molecule has 0 aromatic heterocycles. The van der Waals surface area contributed by atoms with Crippen LogP contribution in [-0.4, -0.2) is 12.5 Å². The molecule has 0 bridgehead atoms. The number of carbonyl (C=O) groups is 1. The molecule has 21 heavy (non-hydrogen) atoms. The lowest BCUT2D eigenvalue weighted by atomic mass is 10.1. The van der Waals surface area contributed by atoms with Crippen molar-refractivity contribution in [1.29, 1.82) is 0 Å². The van der Waals surface area contributed by atoms with Gasteiger partial charge >= 0.3 is 0 Å². The van der Waals surface area contributed by atoms with Crippen LogP contribution < -0.4 is 10.6 Å². The Hall–Kier alpha value is -1.81. The van der Waals surface area contributed by atoms with E-state index in [4.69, 9.17) is 5.73 Å². The zero-order valence-corrected chi connectivity index (χ0v) is 13.5. The smallest absolute Gasteiger partial charge is 0.231 e. The predicted octanol–water partition coefficient (Wildman–Crippen LogP) is 3.47. The third-order valence-electron chi connectivity index (χ3n) is 3.91. The first-order chi connectivity index (χ1) is 10.0. The number of nitrogens with two attached hydrogens (primary N) is 1. The summed E-state index contributed by atoms with van der Waals surface area (Å²) in [6.45, 7) is 2.74. The van der Waals surface area contributed by atoms with Gasteiger partial charge in [-0.2, -0.15) is 0 Å². The van der Waals surface area contributed by atoms with Crippen molar-refractivity contribution in [3.05, 3.63) is 57.6 Å². The molecule has 3 nitrogen and oxygen atoms in total. The number of aryl methyl sites for hydroxylation is 1. The summed E-state index contributed by atoms with van der Waals surface area (Å²) in [6, 6.07) is 11.9. The van der Waals surface area contributed by atoms with E-state index in [0.717, 1.165) is 39.9 Å². The number of hydrogen-bond acceptors (Lipinski definition) is 2. The molecule has 0 unspecified atom stereocenters. The third-order valence-corrected chi connectivity index (χ3v) is 4.40. The van der Waals surface area contributed by atoms with Crippen molar-refractivity contribution < 1.29 is 4.79 Å². The van der Waals surface area contributed by atoms with Gasteiger partial charge in [0.15, 0.2) is 0 Å². The number of benzene rings is 2. The van der Waals surface area contributed by atoms with Gasteiger partial charge in [0, 0.05) is 22.4 Å². The van der Waals surface area contributed by atoms with E-state index < -0.39 is 0 Å². The first-order valence-corrected chi connectivity index (χ1v) is 7.77. The van der Waals surface area contributed by atoms with E-state index in [1.54, 1.807) is 0 Å². The minimum absolute atomic E-state index is 0.120. The SMILES string of the molecule is Cc1cc2c(cc1N)N(C(=O)Cc1cccc(Br)c1)CC2. The summed E-state index contributed by atoms with van der Waals surface area (Å²) in [6.07, 6.45) is 1.31. The van der Waals surface area contributed by atoms with Crippen LogP contribution in [0.4, 0.5) is 11.4 Å². The van der Waals surface area contributed by atoms with Crippen LogP contribution in [0.3, 0.4) is 0 Å². The van der Waals surface area contributed by atoms with Gasteiger partial charge in [0.05, 0.1) is 6.42 Å². The number of nitrogens with zero attached hydrogens (tertiary/aromatic N) is 1. The molecule has 2 aromatic rings. The topological polar surface area (TPSA) is 46.3 Å². The number of hydrogen-bond donors (Lipinski definition) is 1. The number of carbonyl (C=O) groups excluding carboxylic acids is 1. The van der Waals surface area contributed by atoms with Gasteiger partial charge in [-0.1, -0.05) is 34.1 Å². The van der Waals surface area contributed by atoms with Crippen molar-refractivity contribution in [2.75, 3.05) is 17.2 Å². The second-order valence-corrected chi connectivity index (χ2v) is 6.36. The van der Waals surface area contributed by atoms with E-state index >= 15 is 0 Å². The fourth-order valence-corrected chi connectivity index (χ4v) is 3.20. The lowest BCUT2D eigenvalue weighted by molar-refractivity contribution is -0.117. The van der Waals surface area contributed by atoms with Crippen LogP contribution in [0.5, 0.6) is 0 Å². The first kappa shape index (κ1) is 14.1. The van der Waals surface area contributed by atoms with Crippen molar-refractivity contribution in [2.45, 2.75) is 19.8 Å². The Balaban J connectivity index is 1.84. The quantitative estimate of drug-likeness (QED) is 0.848. The van der Waals surface area contributed by atoms with Crippen LogP contribution in [0.25, 0.3) is 0 Å². The van der Waals surface area contributed by atoms with Crippen molar-refractivity contribution in [3.63, 3.8) is 0 Å². The van der Waals surface area contributed by atoms with Crippen LogP contribution in [0.1, 0.15) is 16.7 Å². The standard InChI is InChI=1S/C17H17BrN2O/c1-11-7-13-5-6-20(16(13)10-15(11)19)17(21)9-12-3-2-4-14(18)8-12/h2-4,7-8,10H,5-6,9,19H2,1H3. The van der Waals surface area contributed by atoms with Crippen molar-refractivity contribution in [2.24, 2.45) is 0 Å². The lowest BCUT2D eigenvalue weighted by Crippen LogP contribution is -2.30. The average molecular weight is 345 g/mol. The Morgan fingerprint density at radius 2 is 2.14 bits per heavy atom. The van der Waals surface area contributed by atoms with E-state index in [1.165, 1.54) is 5.56 Å². The van der Waals surface area contributed by atoms with Crippen LogP contribution in [0, 0.1) is 6.92 Å². The molecule has 3 rings (SSSR count). The maximum atomic E-state index is 12.6. The molecule has 1 heterocycles. The summed E-state index contributed by atoms with van der Waals surface area (Å²) in [5, 5.41) is 0. The number of nitrogen functional groups attached to an aromatic ring is 1. The zero-order valence-electron chi connectivity index (χ0n) is 11.9. The summed E-state index contributed by atoms with van der Waals surface area (Å²) in [4.78, 5) is 14.4. The summed E-state index contributed by atoms with van der Waals surface area (Å²) in [7, 11) is 0. The predicted molar refractivity (Wildman–Crippen MR) is 89.5 cm³/mol. The lowest BCUT2D eigenvalue weighted by Gasteiger charge is -2.18. The van der Waals surface area contributed by atoms with Gasteiger partial charge < -0.3 is 10.6 Å². The highest BCUT2D eigenvalue weighted by atomic mass is 79.9. The molecule has 1 aliphatic rings. The Labute approximate surface area is 132 Å². The van der Waals surface area contributed by atoms with Gasteiger partial charge in [-0.25, -0.2) is 0 Å². The van der Waals surface area contributed by atoms with Crippen molar-refractivity contribution >= 4 is 33.2 Å². The van der Waals surface area contributed by atoms with Gasteiger partial charge in [0.25, 0.3) is 0 Å². The maximum absolute atomic E-state index is 12.6. The Bertz CT molecular complexity index is 712. The number of fused-ring (bicyclic) bond motifs is 1. The van der Waals surface area contributed by atoms with E-state index in [9.17, 15) is 4.79 Å². The molecule has 0 spiro atoms. The minimum atomic E-state index is 0.120. The van der Waals surface area contributed by atoms with Crippen LogP contribution in [0.15, 0.2) is 40.9 Å². The highest BCUT2D eigenvalue weighted by Crippen LogP contribution is 2.32. The van der Waals surface area contributed by atoms with E-state index in [2.05, 4.69) is 22.0 Å². The molecule has 2 N–H and O–H groups in total. The summed E-state index contributed by atoms with van der Waals surface area (Å²) < 4.78 is 0.995. The Morgan fingerprint density at radius 1 is 1.33 bits per heavy atom. The highest BCUT2D eigenvalue weighted by Gasteiger charge is 2.25. The highest BCUT2D eigenvalue weighted by molar-refractivity contribution is 9.10. The monoisotopic (exact) mass is 344 g/mol. The molecule has 0 saturated heterocycles. The van der Waals surface area contributed by atoms with Crippen LogP contribution in [0.2, 0.25) is 0 Å². The summed E-state index contributed by atoms with van der Waals surface area (Å²) in [5.74, 6) is 0.120. The van der Waals surface area contributed by atoms with E-state index in [-0.39, 0.29) is 5.91 Å². The number of anilines is 2. The summed E-state index contributed by atoms with van der Waals surface area (Å²) in [5.41, 5.74) is 11.0. The first-order valence-electron chi connectivity index (χ1n) is 6.98. The molecule has 0 radical (unpaired) electrons. The fraction of sp³-hybridized carbons (Fsp3) is 0.235. The van der Waals surface area contributed by atoms with Gasteiger partial charge in [-0.15, -0.1) is 0 Å². The van der Waals surface area contributed by atoms with Crippen molar-refractivity contribution in [1.82, 2.24) is 0 Å². The Morgan fingerprint density at radius 3 is 2.90 bits per heavy atom. The van der Waals surface area contributed by atoms with E-state index in [1.807, 2.05) is 42.2 Å². The molecule has 0 fully saturated rings. The second-order valence-electron chi connectivity index (χ2n) is 5.44. The molecule has 0 aliphatic carbocycles. The molecular weight excluding hydrogens is 328 g/mol. The number of halogens is 1. The number of rotatable bonds is 2. The van der Waals surface area contributed by atoms with Gasteiger partial charge in [-0.3, -0.25) is 4.79 Å².